The molecule has 0 aromatic heterocycles. The van der Waals surface area contributed by atoms with Crippen molar-refractivity contribution in [1.82, 2.24) is 5.32 Å². The van der Waals surface area contributed by atoms with Gasteiger partial charge in [0.1, 0.15) is 0 Å². The Morgan fingerprint density at radius 2 is 1.68 bits per heavy atom. The van der Waals surface area contributed by atoms with E-state index in [0.717, 1.165) is 29.6 Å². The van der Waals surface area contributed by atoms with Gasteiger partial charge >= 0.3 is 8.80 Å². The Kier molecular flexibility index (Phi) is 6.85. The van der Waals surface area contributed by atoms with E-state index in [1.807, 2.05) is 30.3 Å². The van der Waals surface area contributed by atoms with Gasteiger partial charge in [0.25, 0.3) is 5.91 Å². The Labute approximate surface area is 119 Å². The molecule has 1 N–H and O–H groups in total. The standard InChI is InChI=1S/C16H25NOSi/c1-13(2)19(14(3)4)12-8-11-17-16(18)15-9-6-5-7-10-15/h5-7,9-10,13-14H,8,11-12H2,1-4H3/p+1. The summed E-state index contributed by atoms with van der Waals surface area (Å²) in [5.41, 5.74) is 2.38. The molecule has 0 atom stereocenters. The molecule has 0 saturated heterocycles. The summed E-state index contributed by atoms with van der Waals surface area (Å²) in [5.74, 6) is 0.0449. The molecular weight excluding hydrogens is 250 g/mol. The summed E-state index contributed by atoms with van der Waals surface area (Å²) in [6, 6.07) is 10.7. The third-order valence-electron chi connectivity index (χ3n) is 3.45. The van der Waals surface area contributed by atoms with E-state index in [0.29, 0.717) is 0 Å². The van der Waals surface area contributed by atoms with Crippen LogP contribution >= 0.6 is 0 Å². The molecule has 0 aliphatic rings. The van der Waals surface area contributed by atoms with E-state index in [1.54, 1.807) is 0 Å². The lowest BCUT2D eigenvalue weighted by Crippen LogP contribution is -2.27. The van der Waals surface area contributed by atoms with Crippen LogP contribution in [0, 0.1) is 0 Å². The number of hydrogen-bond acceptors (Lipinski definition) is 1. The molecule has 0 aliphatic heterocycles. The minimum atomic E-state index is -0.292. The average molecular weight is 276 g/mol. The van der Waals surface area contributed by atoms with E-state index < -0.39 is 0 Å². The molecule has 0 spiro atoms. The smallest absolute Gasteiger partial charge is 0.320 e. The number of carbonyl (C=O) groups is 1. The van der Waals surface area contributed by atoms with Crippen LogP contribution in [0.1, 0.15) is 44.5 Å². The van der Waals surface area contributed by atoms with Crippen molar-refractivity contribution in [2.24, 2.45) is 0 Å². The summed E-state index contributed by atoms with van der Waals surface area (Å²) in [6.07, 6.45) is 1.10. The van der Waals surface area contributed by atoms with Crippen LogP contribution in [0.4, 0.5) is 0 Å². The van der Waals surface area contributed by atoms with Gasteiger partial charge in [0.2, 0.25) is 0 Å². The Bertz CT molecular complexity index is 368. The third kappa shape index (κ3) is 5.60. The van der Waals surface area contributed by atoms with Gasteiger partial charge < -0.3 is 5.32 Å². The van der Waals surface area contributed by atoms with E-state index in [1.165, 1.54) is 6.04 Å². The zero-order valence-electron chi connectivity index (χ0n) is 12.6. The van der Waals surface area contributed by atoms with Crippen molar-refractivity contribution >= 4 is 14.7 Å². The predicted octanol–water partition coefficient (Wildman–Crippen LogP) is 4.12. The molecule has 2 nitrogen and oxygen atoms in total. The fourth-order valence-corrected chi connectivity index (χ4v) is 5.50. The minimum Gasteiger partial charge on any atom is -0.352 e. The summed E-state index contributed by atoms with van der Waals surface area (Å²) in [7, 11) is -0.292. The van der Waals surface area contributed by atoms with Gasteiger partial charge in [0, 0.05) is 12.1 Å². The lowest BCUT2D eigenvalue weighted by Gasteiger charge is -2.10. The summed E-state index contributed by atoms with van der Waals surface area (Å²) in [4.78, 5) is 11.9. The highest BCUT2D eigenvalue weighted by atomic mass is 28.3. The maximum absolute atomic E-state index is 11.9. The summed E-state index contributed by atoms with van der Waals surface area (Å²) >= 11 is 0. The number of hydrogen-bond donors (Lipinski definition) is 1. The molecule has 3 heteroatoms. The fourth-order valence-electron chi connectivity index (χ4n) is 2.43. The number of carbonyl (C=O) groups excluding carboxylic acids is 1. The monoisotopic (exact) mass is 276 g/mol. The van der Waals surface area contributed by atoms with Crippen molar-refractivity contribution in [2.75, 3.05) is 6.54 Å². The molecule has 1 amide bonds. The van der Waals surface area contributed by atoms with Crippen LogP contribution in [-0.4, -0.2) is 21.2 Å². The maximum atomic E-state index is 11.9. The van der Waals surface area contributed by atoms with E-state index in [2.05, 4.69) is 33.0 Å². The molecule has 0 radical (unpaired) electrons. The first-order valence-electron chi connectivity index (χ1n) is 7.21. The first-order valence-corrected chi connectivity index (χ1v) is 9.07. The van der Waals surface area contributed by atoms with Gasteiger partial charge in [-0.05, 0) is 46.2 Å². The Hall–Kier alpha value is -1.09. The summed E-state index contributed by atoms with van der Waals surface area (Å²) in [5, 5.41) is 3.01. The highest BCUT2D eigenvalue weighted by molar-refractivity contribution is 6.61. The first kappa shape index (κ1) is 16.0. The van der Waals surface area contributed by atoms with Crippen molar-refractivity contribution in [3.63, 3.8) is 0 Å². The van der Waals surface area contributed by atoms with Gasteiger partial charge in [-0.3, -0.25) is 4.79 Å². The van der Waals surface area contributed by atoms with Crippen LogP contribution in [-0.2, 0) is 0 Å². The second-order valence-electron chi connectivity index (χ2n) is 5.61. The van der Waals surface area contributed by atoms with Gasteiger partial charge in [-0.15, -0.1) is 0 Å². The van der Waals surface area contributed by atoms with Crippen molar-refractivity contribution in [2.45, 2.75) is 51.2 Å². The van der Waals surface area contributed by atoms with Crippen LogP contribution in [0.3, 0.4) is 0 Å². The van der Waals surface area contributed by atoms with Crippen molar-refractivity contribution < 1.29 is 4.79 Å². The van der Waals surface area contributed by atoms with E-state index in [-0.39, 0.29) is 14.7 Å². The van der Waals surface area contributed by atoms with Gasteiger partial charge in [-0.25, -0.2) is 0 Å². The topological polar surface area (TPSA) is 29.1 Å². The van der Waals surface area contributed by atoms with Crippen LogP contribution < -0.4 is 5.32 Å². The molecule has 0 bridgehead atoms. The lowest BCUT2D eigenvalue weighted by atomic mass is 10.2. The average Bonchev–Trinajstić information content (AvgIpc) is 2.38. The number of rotatable bonds is 7. The SMILES string of the molecule is CC(C)[Si+](CCCNC(=O)c1ccccc1)C(C)C. The van der Waals surface area contributed by atoms with Gasteiger partial charge in [-0.2, -0.15) is 0 Å². The second kappa shape index (κ2) is 8.15. The number of benzene rings is 1. The first-order chi connectivity index (χ1) is 9.02. The van der Waals surface area contributed by atoms with Crippen molar-refractivity contribution in [3.8, 4) is 0 Å². The largest absolute Gasteiger partial charge is 0.352 e. The molecule has 104 valence electrons. The Morgan fingerprint density at radius 3 is 2.21 bits per heavy atom. The van der Waals surface area contributed by atoms with Crippen LogP contribution in [0.25, 0.3) is 0 Å². The molecule has 0 aliphatic carbocycles. The van der Waals surface area contributed by atoms with Gasteiger partial charge in [0.05, 0.1) is 17.1 Å². The third-order valence-corrected chi connectivity index (χ3v) is 7.34. The maximum Gasteiger partial charge on any atom is 0.320 e. The fraction of sp³-hybridized carbons (Fsp3) is 0.562. The molecule has 1 rings (SSSR count). The van der Waals surface area contributed by atoms with Crippen LogP contribution in [0.2, 0.25) is 17.1 Å². The molecule has 0 fully saturated rings. The second-order valence-corrected chi connectivity index (χ2v) is 9.57. The highest BCUT2D eigenvalue weighted by Crippen LogP contribution is 2.24. The quantitative estimate of drug-likeness (QED) is 0.589. The molecule has 19 heavy (non-hydrogen) atoms. The molecule has 1 aromatic carbocycles. The van der Waals surface area contributed by atoms with Crippen molar-refractivity contribution in [1.29, 1.82) is 0 Å². The van der Waals surface area contributed by atoms with Gasteiger partial charge in [0.15, 0.2) is 0 Å². The van der Waals surface area contributed by atoms with Crippen molar-refractivity contribution in [3.05, 3.63) is 35.9 Å². The normalized spacial score (nSPS) is 10.8. The number of amides is 1. The predicted molar refractivity (Wildman–Crippen MR) is 84.1 cm³/mol. The Balaban J connectivity index is 2.29. The highest BCUT2D eigenvalue weighted by Gasteiger charge is 2.33. The summed E-state index contributed by atoms with van der Waals surface area (Å²) < 4.78 is 0. The van der Waals surface area contributed by atoms with E-state index >= 15 is 0 Å². The Morgan fingerprint density at radius 1 is 1.11 bits per heavy atom. The molecule has 0 unspecified atom stereocenters. The summed E-state index contributed by atoms with van der Waals surface area (Å²) in [6.45, 7) is 10.1. The van der Waals surface area contributed by atoms with E-state index in [9.17, 15) is 4.79 Å². The molecule has 1 aromatic rings. The zero-order valence-corrected chi connectivity index (χ0v) is 13.6. The molecule has 0 saturated carbocycles. The minimum absolute atomic E-state index is 0.0449. The van der Waals surface area contributed by atoms with Gasteiger partial charge in [-0.1, -0.05) is 18.2 Å². The van der Waals surface area contributed by atoms with E-state index in [4.69, 9.17) is 0 Å². The number of nitrogens with one attached hydrogen (secondary N) is 1. The molecule has 0 heterocycles. The molecular formula is C16H26NOSi+. The van der Waals surface area contributed by atoms with Crippen LogP contribution in [0.15, 0.2) is 30.3 Å². The lowest BCUT2D eigenvalue weighted by molar-refractivity contribution is 0.0953. The zero-order chi connectivity index (χ0) is 14.3. The van der Waals surface area contributed by atoms with Crippen LogP contribution in [0.5, 0.6) is 0 Å².